The lowest BCUT2D eigenvalue weighted by molar-refractivity contribution is 0.601. The maximum absolute atomic E-state index is 12.2. The van der Waals surface area contributed by atoms with Gasteiger partial charge in [-0.25, -0.2) is 13.4 Å². The summed E-state index contributed by atoms with van der Waals surface area (Å²) >= 11 is 3.35. The van der Waals surface area contributed by atoms with E-state index in [1.54, 1.807) is 12.1 Å². The van der Waals surface area contributed by atoms with Crippen molar-refractivity contribution in [3.63, 3.8) is 0 Å². The van der Waals surface area contributed by atoms with E-state index in [1.807, 2.05) is 13.0 Å². The van der Waals surface area contributed by atoms with Crippen molar-refractivity contribution in [3.8, 4) is 0 Å². The fraction of sp³-hybridized carbons (Fsp3) is 0.0833. The number of aromatic nitrogens is 1. The number of benzene rings is 1. The SMILES string of the molecule is Cc1cccc(NS(=O)(=O)c2ccc(N)nc2)c1Br. The van der Waals surface area contributed by atoms with Crippen LogP contribution in [0.25, 0.3) is 0 Å². The summed E-state index contributed by atoms with van der Waals surface area (Å²) in [6, 6.07) is 8.19. The molecule has 2 rings (SSSR count). The summed E-state index contributed by atoms with van der Waals surface area (Å²) in [6.07, 6.45) is 1.22. The third-order valence-electron chi connectivity index (χ3n) is 2.51. The van der Waals surface area contributed by atoms with Gasteiger partial charge in [-0.15, -0.1) is 0 Å². The second-order valence-corrected chi connectivity index (χ2v) is 6.44. The zero-order chi connectivity index (χ0) is 14.0. The highest BCUT2D eigenvalue weighted by Gasteiger charge is 2.16. The van der Waals surface area contributed by atoms with Gasteiger partial charge in [-0.05, 0) is 46.6 Å². The summed E-state index contributed by atoms with van der Waals surface area (Å²) in [5, 5.41) is 0. The Kier molecular flexibility index (Phi) is 3.77. The van der Waals surface area contributed by atoms with Gasteiger partial charge in [0.05, 0.1) is 5.69 Å². The first-order valence-corrected chi connectivity index (χ1v) is 7.67. The van der Waals surface area contributed by atoms with Gasteiger partial charge < -0.3 is 5.73 Å². The van der Waals surface area contributed by atoms with Gasteiger partial charge in [0.2, 0.25) is 0 Å². The number of nitrogen functional groups attached to an aromatic ring is 1. The smallest absolute Gasteiger partial charge is 0.263 e. The molecule has 0 fully saturated rings. The van der Waals surface area contributed by atoms with Gasteiger partial charge in [-0.1, -0.05) is 12.1 Å². The Hall–Kier alpha value is -1.60. The van der Waals surface area contributed by atoms with Crippen LogP contribution in [0.5, 0.6) is 0 Å². The van der Waals surface area contributed by atoms with E-state index in [0.29, 0.717) is 10.2 Å². The topological polar surface area (TPSA) is 85.1 Å². The van der Waals surface area contributed by atoms with Crippen molar-refractivity contribution in [1.82, 2.24) is 4.98 Å². The minimum Gasteiger partial charge on any atom is -0.384 e. The summed E-state index contributed by atoms with van der Waals surface area (Å²) in [5.41, 5.74) is 6.86. The van der Waals surface area contributed by atoms with Crippen molar-refractivity contribution in [2.24, 2.45) is 0 Å². The molecule has 1 heterocycles. The van der Waals surface area contributed by atoms with Gasteiger partial charge in [-0.3, -0.25) is 4.72 Å². The first kappa shape index (κ1) is 13.8. The van der Waals surface area contributed by atoms with Crippen LogP contribution in [-0.2, 0) is 10.0 Å². The summed E-state index contributed by atoms with van der Waals surface area (Å²) in [6.45, 7) is 1.88. The van der Waals surface area contributed by atoms with E-state index < -0.39 is 10.0 Å². The highest BCUT2D eigenvalue weighted by atomic mass is 79.9. The van der Waals surface area contributed by atoms with E-state index in [1.165, 1.54) is 18.3 Å². The normalized spacial score (nSPS) is 11.3. The van der Waals surface area contributed by atoms with Gasteiger partial charge in [0.1, 0.15) is 10.7 Å². The Morgan fingerprint density at radius 1 is 1.26 bits per heavy atom. The first-order valence-electron chi connectivity index (χ1n) is 5.39. The molecule has 1 aromatic heterocycles. The largest absolute Gasteiger partial charge is 0.384 e. The predicted octanol–water partition coefficient (Wildman–Crippen LogP) is 2.54. The van der Waals surface area contributed by atoms with Gasteiger partial charge >= 0.3 is 0 Å². The Bertz CT molecular complexity index is 699. The van der Waals surface area contributed by atoms with Gasteiger partial charge in [0.25, 0.3) is 10.0 Å². The monoisotopic (exact) mass is 341 g/mol. The maximum atomic E-state index is 12.2. The van der Waals surface area contributed by atoms with Crippen LogP contribution in [0.4, 0.5) is 11.5 Å². The number of rotatable bonds is 3. The van der Waals surface area contributed by atoms with Crippen molar-refractivity contribution in [2.75, 3.05) is 10.5 Å². The summed E-state index contributed by atoms with van der Waals surface area (Å²) in [7, 11) is -3.67. The molecule has 1 aromatic carbocycles. The minimum atomic E-state index is -3.67. The molecule has 100 valence electrons. The van der Waals surface area contributed by atoms with Crippen LogP contribution >= 0.6 is 15.9 Å². The fourth-order valence-corrected chi connectivity index (χ4v) is 2.99. The molecule has 0 radical (unpaired) electrons. The predicted molar refractivity (Wildman–Crippen MR) is 78.3 cm³/mol. The van der Waals surface area contributed by atoms with Crippen LogP contribution in [0.15, 0.2) is 45.9 Å². The molecule has 0 saturated carbocycles. The first-order chi connectivity index (χ1) is 8.90. The van der Waals surface area contributed by atoms with Crippen molar-refractivity contribution in [1.29, 1.82) is 0 Å². The molecule has 5 nitrogen and oxygen atoms in total. The number of sulfonamides is 1. The lowest BCUT2D eigenvalue weighted by Crippen LogP contribution is -2.14. The minimum absolute atomic E-state index is 0.0649. The third-order valence-corrected chi connectivity index (χ3v) is 4.91. The molecule has 0 atom stereocenters. The third kappa shape index (κ3) is 3.05. The average Bonchev–Trinajstić information content (AvgIpc) is 2.35. The molecule has 3 N–H and O–H groups in total. The number of halogens is 1. The second kappa shape index (κ2) is 5.18. The number of nitrogens with zero attached hydrogens (tertiary/aromatic N) is 1. The highest BCUT2D eigenvalue weighted by Crippen LogP contribution is 2.27. The molecular formula is C12H12BrN3O2S. The summed E-state index contributed by atoms with van der Waals surface area (Å²) in [4.78, 5) is 3.84. The van der Waals surface area contributed by atoms with Crippen LogP contribution in [-0.4, -0.2) is 13.4 Å². The number of hydrogen-bond donors (Lipinski definition) is 2. The Morgan fingerprint density at radius 2 is 2.00 bits per heavy atom. The number of anilines is 2. The number of aryl methyl sites for hydroxylation is 1. The number of pyridine rings is 1. The van der Waals surface area contributed by atoms with Crippen LogP contribution < -0.4 is 10.5 Å². The molecule has 0 amide bonds. The zero-order valence-corrected chi connectivity index (χ0v) is 12.5. The van der Waals surface area contributed by atoms with E-state index in [9.17, 15) is 8.42 Å². The van der Waals surface area contributed by atoms with Crippen molar-refractivity contribution < 1.29 is 8.42 Å². The van der Waals surface area contributed by atoms with Crippen LogP contribution in [0.3, 0.4) is 0 Å². The van der Waals surface area contributed by atoms with Crippen molar-refractivity contribution in [2.45, 2.75) is 11.8 Å². The van der Waals surface area contributed by atoms with E-state index in [4.69, 9.17) is 5.73 Å². The Balaban J connectivity index is 2.36. The summed E-state index contributed by atoms with van der Waals surface area (Å²) in [5.74, 6) is 0.274. The molecule has 0 spiro atoms. The molecule has 0 bridgehead atoms. The number of nitrogens with one attached hydrogen (secondary N) is 1. The Labute approximate surface area is 120 Å². The van der Waals surface area contributed by atoms with Crippen molar-refractivity contribution in [3.05, 3.63) is 46.6 Å². The highest BCUT2D eigenvalue weighted by molar-refractivity contribution is 9.10. The van der Waals surface area contributed by atoms with Crippen LogP contribution in [0, 0.1) is 6.92 Å². The maximum Gasteiger partial charge on any atom is 0.263 e. The lowest BCUT2D eigenvalue weighted by Gasteiger charge is -2.11. The summed E-state index contributed by atoms with van der Waals surface area (Å²) < 4.78 is 27.5. The molecule has 7 heteroatoms. The van der Waals surface area contributed by atoms with Crippen LogP contribution in [0.2, 0.25) is 0 Å². The van der Waals surface area contributed by atoms with E-state index in [2.05, 4.69) is 25.6 Å². The molecular weight excluding hydrogens is 330 g/mol. The van der Waals surface area contributed by atoms with Gasteiger partial charge in [0.15, 0.2) is 0 Å². The standard InChI is InChI=1S/C12H12BrN3O2S/c1-8-3-2-4-10(12(8)13)16-19(17,18)9-5-6-11(14)15-7-9/h2-7,16H,1H3,(H2,14,15). The van der Waals surface area contributed by atoms with Crippen molar-refractivity contribution >= 4 is 37.5 Å². The number of hydrogen-bond acceptors (Lipinski definition) is 4. The van der Waals surface area contributed by atoms with E-state index >= 15 is 0 Å². The fourth-order valence-electron chi connectivity index (χ4n) is 1.48. The molecule has 0 aliphatic carbocycles. The molecule has 19 heavy (non-hydrogen) atoms. The molecule has 0 aliphatic rings. The van der Waals surface area contributed by atoms with E-state index in [-0.39, 0.29) is 10.7 Å². The molecule has 0 aliphatic heterocycles. The lowest BCUT2D eigenvalue weighted by atomic mass is 10.2. The number of nitrogens with two attached hydrogens (primary N) is 1. The Morgan fingerprint density at radius 3 is 2.63 bits per heavy atom. The zero-order valence-electron chi connectivity index (χ0n) is 10.1. The quantitative estimate of drug-likeness (QED) is 0.898. The van der Waals surface area contributed by atoms with Gasteiger partial charge in [0, 0.05) is 10.7 Å². The van der Waals surface area contributed by atoms with Gasteiger partial charge in [-0.2, -0.15) is 0 Å². The molecule has 2 aromatic rings. The molecule has 0 unspecified atom stereocenters. The average molecular weight is 342 g/mol. The van der Waals surface area contributed by atoms with E-state index in [0.717, 1.165) is 5.56 Å². The molecule has 0 saturated heterocycles. The van der Waals surface area contributed by atoms with Crippen LogP contribution in [0.1, 0.15) is 5.56 Å². The second-order valence-electron chi connectivity index (χ2n) is 3.96.